The topological polar surface area (TPSA) is 56.1 Å². The molecular formula is C18H25N5O. The minimum Gasteiger partial charge on any atom is -0.374 e. The van der Waals surface area contributed by atoms with Crippen LogP contribution >= 0.6 is 0 Å². The van der Waals surface area contributed by atoms with Crippen LogP contribution in [-0.2, 0) is 18.3 Å². The van der Waals surface area contributed by atoms with Gasteiger partial charge in [0.2, 0.25) is 0 Å². The predicted molar refractivity (Wildman–Crippen MR) is 90.5 cm³/mol. The van der Waals surface area contributed by atoms with Crippen molar-refractivity contribution in [2.75, 3.05) is 19.7 Å². The van der Waals surface area contributed by atoms with Crippen molar-refractivity contribution in [3.63, 3.8) is 0 Å². The van der Waals surface area contributed by atoms with E-state index in [0.29, 0.717) is 5.92 Å². The maximum Gasteiger partial charge on any atom is 0.115 e. The van der Waals surface area contributed by atoms with Gasteiger partial charge in [-0.15, -0.1) is 0 Å². The summed E-state index contributed by atoms with van der Waals surface area (Å²) < 4.78 is 8.22. The van der Waals surface area contributed by atoms with E-state index in [-0.39, 0.29) is 5.60 Å². The molecule has 2 aromatic heterocycles. The molecule has 0 aromatic carbocycles. The second-order valence-corrected chi connectivity index (χ2v) is 7.24. The van der Waals surface area contributed by atoms with E-state index in [1.54, 1.807) is 6.33 Å². The SMILES string of the molecule is Cc1cc(CN2CCC3(CC2)C[C@H](c2cncnc2)CO3)nn1C. The van der Waals surface area contributed by atoms with Gasteiger partial charge in [-0.2, -0.15) is 5.10 Å². The van der Waals surface area contributed by atoms with Crippen LogP contribution in [0, 0.1) is 6.92 Å². The van der Waals surface area contributed by atoms with Gasteiger partial charge in [0, 0.05) is 50.7 Å². The highest BCUT2D eigenvalue weighted by Gasteiger charge is 2.43. The van der Waals surface area contributed by atoms with Crippen molar-refractivity contribution in [1.29, 1.82) is 0 Å². The van der Waals surface area contributed by atoms with E-state index in [2.05, 4.69) is 33.0 Å². The summed E-state index contributed by atoms with van der Waals surface area (Å²) in [5.41, 5.74) is 3.64. The Morgan fingerprint density at radius 1 is 1.25 bits per heavy atom. The minimum atomic E-state index is 0.0526. The van der Waals surface area contributed by atoms with Crippen LogP contribution in [0.1, 0.15) is 42.1 Å². The fraction of sp³-hybridized carbons (Fsp3) is 0.611. The summed E-state index contributed by atoms with van der Waals surface area (Å²) in [5.74, 6) is 0.441. The van der Waals surface area contributed by atoms with Gasteiger partial charge in [-0.3, -0.25) is 9.58 Å². The van der Waals surface area contributed by atoms with Crippen molar-refractivity contribution in [2.45, 2.75) is 44.2 Å². The monoisotopic (exact) mass is 327 g/mol. The van der Waals surface area contributed by atoms with E-state index in [1.165, 1.54) is 11.3 Å². The number of likely N-dealkylation sites (tertiary alicyclic amines) is 1. The van der Waals surface area contributed by atoms with Gasteiger partial charge >= 0.3 is 0 Å². The normalized spacial score (nSPS) is 23.8. The van der Waals surface area contributed by atoms with Crippen LogP contribution in [0.4, 0.5) is 0 Å². The third-order valence-corrected chi connectivity index (χ3v) is 5.58. The summed E-state index contributed by atoms with van der Waals surface area (Å²) in [6.07, 6.45) is 8.74. The Morgan fingerprint density at radius 3 is 2.67 bits per heavy atom. The highest BCUT2D eigenvalue weighted by Crippen LogP contribution is 2.42. The van der Waals surface area contributed by atoms with E-state index >= 15 is 0 Å². The molecule has 0 aliphatic carbocycles. The fourth-order valence-corrected chi connectivity index (χ4v) is 3.99. The highest BCUT2D eigenvalue weighted by molar-refractivity contribution is 5.15. The number of ether oxygens (including phenoxy) is 1. The van der Waals surface area contributed by atoms with E-state index < -0.39 is 0 Å². The lowest BCUT2D eigenvalue weighted by atomic mass is 9.84. The molecule has 0 N–H and O–H groups in total. The molecule has 24 heavy (non-hydrogen) atoms. The van der Waals surface area contributed by atoms with Crippen LogP contribution in [0.2, 0.25) is 0 Å². The van der Waals surface area contributed by atoms with Gasteiger partial charge < -0.3 is 4.74 Å². The standard InChI is InChI=1S/C18H25N5O/c1-14-7-17(21-22(14)2)11-23-5-3-18(4-6-23)8-15(12-24-18)16-9-19-13-20-10-16/h7,9-10,13,15H,3-6,8,11-12H2,1-2H3/t15-/m0/s1. The Kier molecular flexibility index (Phi) is 4.10. The van der Waals surface area contributed by atoms with Gasteiger partial charge in [0.15, 0.2) is 0 Å². The summed E-state index contributed by atoms with van der Waals surface area (Å²) in [7, 11) is 2.00. The number of aryl methyl sites for hydroxylation is 2. The molecule has 6 heteroatoms. The molecule has 4 heterocycles. The van der Waals surface area contributed by atoms with E-state index in [0.717, 1.165) is 51.2 Å². The Labute approximate surface area is 142 Å². The summed E-state index contributed by atoms with van der Waals surface area (Å²) in [4.78, 5) is 10.8. The molecule has 0 radical (unpaired) electrons. The fourth-order valence-electron chi connectivity index (χ4n) is 3.99. The lowest BCUT2D eigenvalue weighted by molar-refractivity contribution is -0.0450. The zero-order valence-corrected chi connectivity index (χ0v) is 14.5. The number of hydrogen-bond donors (Lipinski definition) is 0. The van der Waals surface area contributed by atoms with Gasteiger partial charge in [-0.05, 0) is 37.8 Å². The van der Waals surface area contributed by atoms with Gasteiger partial charge in [0.25, 0.3) is 0 Å². The molecule has 6 nitrogen and oxygen atoms in total. The summed E-state index contributed by atoms with van der Waals surface area (Å²) in [6.45, 7) is 5.99. The number of rotatable bonds is 3. The average Bonchev–Trinajstić information content (AvgIpc) is 3.15. The smallest absolute Gasteiger partial charge is 0.115 e. The van der Waals surface area contributed by atoms with Crippen molar-refractivity contribution in [3.05, 3.63) is 41.7 Å². The van der Waals surface area contributed by atoms with E-state index in [4.69, 9.17) is 4.74 Å². The molecule has 2 aliphatic rings. The Bertz CT molecular complexity index is 671. The van der Waals surface area contributed by atoms with Crippen LogP contribution in [0.25, 0.3) is 0 Å². The first-order valence-electron chi connectivity index (χ1n) is 8.74. The van der Waals surface area contributed by atoms with Crippen LogP contribution in [0.5, 0.6) is 0 Å². The van der Waals surface area contributed by atoms with Crippen molar-refractivity contribution < 1.29 is 4.74 Å². The second-order valence-electron chi connectivity index (χ2n) is 7.24. The lowest BCUT2D eigenvalue weighted by Gasteiger charge is -2.38. The zero-order valence-electron chi connectivity index (χ0n) is 14.5. The first kappa shape index (κ1) is 15.7. The van der Waals surface area contributed by atoms with Gasteiger partial charge in [-0.1, -0.05) is 0 Å². The molecule has 2 aliphatic heterocycles. The predicted octanol–water partition coefficient (Wildman–Crippen LogP) is 2.06. The number of piperidine rings is 1. The van der Waals surface area contributed by atoms with Gasteiger partial charge in [0.05, 0.1) is 17.9 Å². The second kappa shape index (κ2) is 6.26. The Hall–Kier alpha value is -1.79. The molecule has 2 aromatic rings. The first-order chi connectivity index (χ1) is 11.6. The highest BCUT2D eigenvalue weighted by atomic mass is 16.5. The molecular weight excluding hydrogens is 302 g/mol. The Balaban J connectivity index is 1.34. The number of aromatic nitrogens is 4. The zero-order chi connectivity index (χ0) is 16.6. The summed E-state index contributed by atoms with van der Waals surface area (Å²) >= 11 is 0. The molecule has 0 saturated carbocycles. The minimum absolute atomic E-state index is 0.0526. The van der Waals surface area contributed by atoms with Crippen LogP contribution in [-0.4, -0.2) is 49.9 Å². The maximum atomic E-state index is 6.27. The van der Waals surface area contributed by atoms with E-state index in [9.17, 15) is 0 Å². The van der Waals surface area contributed by atoms with Crippen LogP contribution in [0.3, 0.4) is 0 Å². The third kappa shape index (κ3) is 3.08. The van der Waals surface area contributed by atoms with Gasteiger partial charge in [-0.25, -0.2) is 9.97 Å². The van der Waals surface area contributed by atoms with Crippen molar-refractivity contribution in [2.24, 2.45) is 7.05 Å². The molecule has 0 bridgehead atoms. The van der Waals surface area contributed by atoms with Crippen molar-refractivity contribution in [3.8, 4) is 0 Å². The Morgan fingerprint density at radius 2 is 2.00 bits per heavy atom. The maximum absolute atomic E-state index is 6.27. The molecule has 1 atom stereocenters. The first-order valence-corrected chi connectivity index (χ1v) is 8.74. The summed E-state index contributed by atoms with van der Waals surface area (Å²) in [5, 5.41) is 4.57. The molecule has 0 amide bonds. The molecule has 128 valence electrons. The molecule has 0 unspecified atom stereocenters. The quantitative estimate of drug-likeness (QED) is 0.864. The van der Waals surface area contributed by atoms with E-state index in [1.807, 2.05) is 24.1 Å². The molecule has 1 spiro atoms. The average molecular weight is 327 g/mol. The number of nitrogens with zero attached hydrogens (tertiary/aromatic N) is 5. The third-order valence-electron chi connectivity index (χ3n) is 5.58. The number of hydrogen-bond acceptors (Lipinski definition) is 5. The van der Waals surface area contributed by atoms with Crippen LogP contribution in [0.15, 0.2) is 24.8 Å². The largest absolute Gasteiger partial charge is 0.374 e. The molecule has 2 fully saturated rings. The van der Waals surface area contributed by atoms with Gasteiger partial charge in [0.1, 0.15) is 6.33 Å². The van der Waals surface area contributed by atoms with Crippen molar-refractivity contribution in [1.82, 2.24) is 24.6 Å². The summed E-state index contributed by atoms with van der Waals surface area (Å²) in [6, 6.07) is 2.18. The lowest BCUT2D eigenvalue weighted by Crippen LogP contribution is -2.43. The molecule has 2 saturated heterocycles. The van der Waals surface area contributed by atoms with Crippen molar-refractivity contribution >= 4 is 0 Å². The van der Waals surface area contributed by atoms with Crippen LogP contribution < -0.4 is 0 Å². The molecule has 4 rings (SSSR count).